The van der Waals surface area contributed by atoms with Gasteiger partial charge in [0.2, 0.25) is 0 Å². The highest BCUT2D eigenvalue weighted by molar-refractivity contribution is 5.89. The molecule has 0 bridgehead atoms. The van der Waals surface area contributed by atoms with Gasteiger partial charge in [0.25, 0.3) is 5.91 Å². The van der Waals surface area contributed by atoms with Gasteiger partial charge in [0.15, 0.2) is 5.96 Å². The third-order valence-electron chi connectivity index (χ3n) is 4.43. The topological polar surface area (TPSA) is 138 Å². The van der Waals surface area contributed by atoms with Crippen molar-refractivity contribution in [2.24, 2.45) is 16.5 Å². The monoisotopic (exact) mass is 420 g/mol. The minimum Gasteiger partial charge on any atom is -0.460 e. The molecule has 0 saturated carbocycles. The first-order valence-electron chi connectivity index (χ1n) is 9.42. The predicted molar refractivity (Wildman–Crippen MR) is 102 cm³/mol. The highest BCUT2D eigenvalue weighted by Crippen LogP contribution is 2.27. The van der Waals surface area contributed by atoms with Crippen LogP contribution in [0.3, 0.4) is 0 Å². The highest BCUT2D eigenvalue weighted by atomic mass is 19.3. The smallest absolute Gasteiger partial charge is 0.333 e. The van der Waals surface area contributed by atoms with E-state index in [1.165, 1.54) is 13.2 Å². The first-order chi connectivity index (χ1) is 13.7. The van der Waals surface area contributed by atoms with Gasteiger partial charge in [-0.3, -0.25) is 4.79 Å². The standard InChI is InChI=1S/C18H30F2N4O5/c1-4-11(5-2)29-13-9-10(17(26)28-7-6-27-3)8-12(23-18(21)22)14(13)24-16(25)15(19)20/h9,11-15H,4-8H2,1-3H3,(H,24,25)(H4,21,22,23)/t12-,13+,14+/m0/s1. The Morgan fingerprint density at radius 1 is 1.28 bits per heavy atom. The van der Waals surface area contributed by atoms with Crippen molar-refractivity contribution in [3.63, 3.8) is 0 Å². The quantitative estimate of drug-likeness (QED) is 0.191. The molecule has 1 amide bonds. The summed E-state index contributed by atoms with van der Waals surface area (Å²) in [5.74, 6) is -2.39. The number of rotatable bonds is 11. The molecule has 1 rings (SSSR count). The molecule has 0 fully saturated rings. The molecule has 0 spiro atoms. The molecule has 11 heteroatoms. The molecular weight excluding hydrogens is 390 g/mol. The number of alkyl halides is 2. The fourth-order valence-corrected chi connectivity index (χ4v) is 2.95. The number of ether oxygens (including phenoxy) is 3. The van der Waals surface area contributed by atoms with Gasteiger partial charge in [0, 0.05) is 19.1 Å². The van der Waals surface area contributed by atoms with Crippen molar-refractivity contribution in [1.29, 1.82) is 0 Å². The molecule has 0 aliphatic heterocycles. The molecule has 0 radical (unpaired) electrons. The van der Waals surface area contributed by atoms with Crippen molar-refractivity contribution in [3.05, 3.63) is 11.6 Å². The molecule has 0 aromatic rings. The van der Waals surface area contributed by atoms with Crippen LogP contribution in [0.1, 0.15) is 33.1 Å². The predicted octanol–water partition coefficient (Wildman–Crippen LogP) is 0.472. The summed E-state index contributed by atoms with van der Waals surface area (Å²) in [5, 5.41) is 2.24. The van der Waals surface area contributed by atoms with E-state index in [0.717, 1.165) is 0 Å². The molecule has 9 nitrogen and oxygen atoms in total. The van der Waals surface area contributed by atoms with Crippen LogP contribution in [0.5, 0.6) is 0 Å². The Hall–Kier alpha value is -2.27. The lowest BCUT2D eigenvalue weighted by Crippen LogP contribution is -2.55. The Bertz CT molecular complexity index is 607. The zero-order valence-electron chi connectivity index (χ0n) is 16.9. The van der Waals surface area contributed by atoms with Crippen LogP contribution in [0.25, 0.3) is 0 Å². The van der Waals surface area contributed by atoms with Crippen LogP contribution in [-0.2, 0) is 23.8 Å². The third-order valence-corrected chi connectivity index (χ3v) is 4.43. The van der Waals surface area contributed by atoms with Crippen molar-refractivity contribution in [1.82, 2.24) is 5.32 Å². The van der Waals surface area contributed by atoms with Crippen LogP contribution in [0.15, 0.2) is 16.6 Å². The Labute approximate surface area is 168 Å². The average Bonchev–Trinajstić information content (AvgIpc) is 2.67. The number of amides is 1. The van der Waals surface area contributed by atoms with Crippen molar-refractivity contribution in [2.45, 2.75) is 63.8 Å². The summed E-state index contributed by atoms with van der Waals surface area (Å²) in [6, 6.07) is -1.85. The number of nitrogens with one attached hydrogen (secondary N) is 1. The lowest BCUT2D eigenvalue weighted by molar-refractivity contribution is -0.141. The van der Waals surface area contributed by atoms with E-state index in [2.05, 4.69) is 10.3 Å². The van der Waals surface area contributed by atoms with E-state index >= 15 is 0 Å². The van der Waals surface area contributed by atoms with Crippen molar-refractivity contribution >= 4 is 17.8 Å². The van der Waals surface area contributed by atoms with Crippen molar-refractivity contribution < 1.29 is 32.6 Å². The van der Waals surface area contributed by atoms with Gasteiger partial charge >= 0.3 is 12.4 Å². The van der Waals surface area contributed by atoms with E-state index in [4.69, 9.17) is 25.7 Å². The molecule has 0 aromatic carbocycles. The number of hydrogen-bond donors (Lipinski definition) is 3. The van der Waals surface area contributed by atoms with E-state index < -0.39 is 36.5 Å². The Morgan fingerprint density at radius 2 is 1.93 bits per heavy atom. The lowest BCUT2D eigenvalue weighted by Gasteiger charge is -2.36. The van der Waals surface area contributed by atoms with E-state index in [1.807, 2.05) is 13.8 Å². The number of methoxy groups -OCH3 is 1. The van der Waals surface area contributed by atoms with E-state index in [1.54, 1.807) is 0 Å². The summed E-state index contributed by atoms with van der Waals surface area (Å²) in [5.41, 5.74) is 11.2. The SMILES string of the molecule is CCC(CC)O[C@@H]1C=C(C(=O)OCCOC)C[C@H](N=C(N)N)[C@H]1NC(=O)C(F)F. The Morgan fingerprint density at radius 3 is 2.45 bits per heavy atom. The molecule has 0 aromatic heterocycles. The molecule has 0 unspecified atom stereocenters. The summed E-state index contributed by atoms with van der Waals surface area (Å²) >= 11 is 0. The van der Waals surface area contributed by atoms with Gasteiger partial charge in [-0.1, -0.05) is 13.8 Å². The minimum absolute atomic E-state index is 0.0132. The van der Waals surface area contributed by atoms with E-state index in [9.17, 15) is 18.4 Å². The van der Waals surface area contributed by atoms with Crippen LogP contribution < -0.4 is 16.8 Å². The van der Waals surface area contributed by atoms with Gasteiger partial charge in [0.05, 0.1) is 30.9 Å². The maximum Gasteiger partial charge on any atom is 0.333 e. The molecule has 3 atom stereocenters. The molecule has 166 valence electrons. The minimum atomic E-state index is -3.21. The number of carbonyl (C=O) groups is 2. The lowest BCUT2D eigenvalue weighted by atomic mass is 9.87. The van der Waals surface area contributed by atoms with Gasteiger partial charge in [0.1, 0.15) is 6.61 Å². The van der Waals surface area contributed by atoms with Gasteiger partial charge in [-0.2, -0.15) is 8.78 Å². The van der Waals surface area contributed by atoms with Gasteiger partial charge < -0.3 is 31.0 Å². The largest absolute Gasteiger partial charge is 0.460 e. The van der Waals surface area contributed by atoms with Crippen molar-refractivity contribution in [3.8, 4) is 0 Å². The van der Waals surface area contributed by atoms with Crippen LogP contribution >= 0.6 is 0 Å². The number of esters is 1. The van der Waals surface area contributed by atoms with Crippen LogP contribution in [0.4, 0.5) is 8.78 Å². The molecule has 0 saturated heterocycles. The number of nitrogens with zero attached hydrogens (tertiary/aromatic N) is 1. The second-order valence-corrected chi connectivity index (χ2v) is 6.52. The fourth-order valence-electron chi connectivity index (χ4n) is 2.95. The van der Waals surface area contributed by atoms with Crippen LogP contribution in [0, 0.1) is 0 Å². The summed E-state index contributed by atoms with van der Waals surface area (Å²) in [6.07, 6.45) is -1.56. The van der Waals surface area contributed by atoms with Gasteiger partial charge in [-0.25, -0.2) is 9.79 Å². The molecule has 5 N–H and O–H groups in total. The third kappa shape index (κ3) is 7.94. The second kappa shape index (κ2) is 12.3. The number of aliphatic imine (C=N–C) groups is 1. The number of guanidine groups is 1. The first kappa shape index (κ1) is 24.8. The number of hydrogen-bond acceptors (Lipinski definition) is 6. The zero-order valence-corrected chi connectivity index (χ0v) is 16.9. The summed E-state index contributed by atoms with van der Waals surface area (Å²) in [7, 11) is 1.47. The summed E-state index contributed by atoms with van der Waals surface area (Å²) in [4.78, 5) is 28.1. The van der Waals surface area contributed by atoms with Crippen LogP contribution in [-0.4, -0.2) is 68.9 Å². The van der Waals surface area contributed by atoms with E-state index in [0.29, 0.717) is 12.8 Å². The van der Waals surface area contributed by atoms with Crippen molar-refractivity contribution in [2.75, 3.05) is 20.3 Å². The number of carbonyl (C=O) groups excluding carboxylic acids is 2. The fraction of sp³-hybridized carbons (Fsp3) is 0.722. The zero-order chi connectivity index (χ0) is 22.0. The maximum absolute atomic E-state index is 12.8. The molecule has 29 heavy (non-hydrogen) atoms. The normalized spacial score (nSPS) is 21.6. The number of halogens is 2. The average molecular weight is 420 g/mol. The second-order valence-electron chi connectivity index (χ2n) is 6.52. The molecule has 1 aliphatic rings. The van der Waals surface area contributed by atoms with Crippen LogP contribution in [0.2, 0.25) is 0 Å². The number of nitrogens with two attached hydrogens (primary N) is 2. The van der Waals surface area contributed by atoms with Gasteiger partial charge in [-0.05, 0) is 18.9 Å². The Kier molecular flexibility index (Phi) is 10.5. The van der Waals surface area contributed by atoms with Gasteiger partial charge in [-0.15, -0.1) is 0 Å². The highest BCUT2D eigenvalue weighted by Gasteiger charge is 2.39. The van der Waals surface area contributed by atoms with E-state index in [-0.39, 0.29) is 37.3 Å². The molecular formula is C18H30F2N4O5. The summed E-state index contributed by atoms with van der Waals surface area (Å²) < 4.78 is 41.6. The first-order valence-corrected chi connectivity index (χ1v) is 9.42. The molecule has 1 aliphatic carbocycles. The Balaban J connectivity index is 3.22. The summed E-state index contributed by atoms with van der Waals surface area (Å²) in [6.45, 7) is 4.07. The molecule has 0 heterocycles. The maximum atomic E-state index is 12.8.